The maximum absolute atomic E-state index is 5.89. The molecule has 0 bridgehead atoms. The van der Waals surface area contributed by atoms with Gasteiger partial charge in [-0.1, -0.05) is 13.0 Å². The molecule has 114 valence electrons. The van der Waals surface area contributed by atoms with Gasteiger partial charge in [-0.2, -0.15) is 0 Å². The van der Waals surface area contributed by atoms with E-state index < -0.39 is 0 Å². The number of imidazole rings is 1. The van der Waals surface area contributed by atoms with E-state index >= 15 is 0 Å². The molecule has 0 spiro atoms. The van der Waals surface area contributed by atoms with Crippen LogP contribution < -0.4 is 4.74 Å². The Morgan fingerprint density at radius 2 is 2.33 bits per heavy atom. The minimum Gasteiger partial charge on any atom is -0.494 e. The third-order valence-corrected chi connectivity index (χ3v) is 4.37. The van der Waals surface area contributed by atoms with E-state index in [1.807, 2.05) is 12.1 Å². The van der Waals surface area contributed by atoms with Crippen molar-refractivity contribution in [3.05, 3.63) is 23.0 Å². The molecule has 0 radical (unpaired) electrons. The zero-order chi connectivity index (χ0) is 14.8. The van der Waals surface area contributed by atoms with Crippen molar-refractivity contribution in [2.75, 3.05) is 33.4 Å². The molecule has 1 aliphatic heterocycles. The highest BCUT2D eigenvalue weighted by Gasteiger charge is 2.21. The molecule has 1 aliphatic rings. The van der Waals surface area contributed by atoms with Gasteiger partial charge in [0, 0.05) is 13.1 Å². The highest BCUT2D eigenvalue weighted by atomic mass is 32.1. The fourth-order valence-electron chi connectivity index (χ4n) is 2.89. The number of nitrogens with zero attached hydrogens (tertiary/aromatic N) is 2. The van der Waals surface area contributed by atoms with E-state index in [0.717, 1.165) is 49.6 Å². The lowest BCUT2D eigenvalue weighted by Crippen LogP contribution is -2.43. The van der Waals surface area contributed by atoms with E-state index in [9.17, 15) is 0 Å². The van der Waals surface area contributed by atoms with Crippen molar-refractivity contribution in [2.45, 2.75) is 19.6 Å². The minimum atomic E-state index is 0.176. The summed E-state index contributed by atoms with van der Waals surface area (Å²) in [7, 11) is 1.67. The first-order chi connectivity index (χ1) is 10.2. The van der Waals surface area contributed by atoms with E-state index in [1.165, 1.54) is 0 Å². The van der Waals surface area contributed by atoms with Gasteiger partial charge in [-0.3, -0.25) is 4.90 Å². The topological polar surface area (TPSA) is 42.4 Å². The molecule has 6 heteroatoms. The first-order valence-electron chi connectivity index (χ1n) is 7.32. The predicted molar refractivity (Wildman–Crippen MR) is 85.5 cm³/mol. The fraction of sp³-hybridized carbons (Fsp3) is 0.533. The molecule has 1 atom stereocenters. The molecule has 1 fully saturated rings. The number of rotatable bonds is 4. The number of aromatic amines is 1. The van der Waals surface area contributed by atoms with E-state index in [0.29, 0.717) is 4.77 Å². The van der Waals surface area contributed by atoms with Crippen molar-refractivity contribution in [2.24, 2.45) is 0 Å². The van der Waals surface area contributed by atoms with Crippen LogP contribution >= 0.6 is 12.2 Å². The summed E-state index contributed by atoms with van der Waals surface area (Å²) >= 11 is 5.47. The molecule has 2 aromatic rings. The molecule has 1 aromatic carbocycles. The molecule has 0 saturated carbocycles. The highest BCUT2D eigenvalue weighted by Crippen LogP contribution is 2.25. The molecule has 1 unspecified atom stereocenters. The molecule has 21 heavy (non-hydrogen) atoms. The van der Waals surface area contributed by atoms with Crippen LogP contribution in [0.2, 0.25) is 0 Å². The van der Waals surface area contributed by atoms with Crippen molar-refractivity contribution in [1.29, 1.82) is 0 Å². The van der Waals surface area contributed by atoms with Crippen LogP contribution in [-0.2, 0) is 11.3 Å². The van der Waals surface area contributed by atoms with Gasteiger partial charge in [0.15, 0.2) is 4.77 Å². The van der Waals surface area contributed by atoms with Crippen LogP contribution in [0.5, 0.6) is 5.75 Å². The Labute approximate surface area is 129 Å². The summed E-state index contributed by atoms with van der Waals surface area (Å²) in [5, 5.41) is 0. The summed E-state index contributed by atoms with van der Waals surface area (Å²) in [5.74, 6) is 0.817. The number of benzene rings is 1. The van der Waals surface area contributed by atoms with Crippen LogP contribution in [0.25, 0.3) is 11.0 Å². The summed E-state index contributed by atoms with van der Waals surface area (Å²) in [6, 6.07) is 5.98. The SMILES string of the molecule is CCN1CCOC(Cn2c(=S)[nH]c3c(OC)cccc32)C1. The average molecular weight is 307 g/mol. The van der Waals surface area contributed by atoms with Crippen LogP contribution in [0, 0.1) is 4.77 Å². The normalized spacial score (nSPS) is 20.0. The van der Waals surface area contributed by atoms with Crippen molar-refractivity contribution < 1.29 is 9.47 Å². The van der Waals surface area contributed by atoms with Gasteiger partial charge in [-0.05, 0) is 30.9 Å². The fourth-order valence-corrected chi connectivity index (χ4v) is 3.16. The Bertz CT molecular complexity index is 679. The Balaban J connectivity index is 1.90. The van der Waals surface area contributed by atoms with E-state index in [1.54, 1.807) is 7.11 Å². The molecule has 5 nitrogen and oxygen atoms in total. The quantitative estimate of drug-likeness (QED) is 0.881. The number of hydrogen-bond donors (Lipinski definition) is 1. The number of hydrogen-bond acceptors (Lipinski definition) is 4. The Morgan fingerprint density at radius 1 is 1.48 bits per heavy atom. The van der Waals surface area contributed by atoms with Crippen molar-refractivity contribution in [3.8, 4) is 5.75 Å². The van der Waals surface area contributed by atoms with Gasteiger partial charge in [-0.15, -0.1) is 0 Å². The number of aromatic nitrogens is 2. The van der Waals surface area contributed by atoms with Crippen LogP contribution in [0.3, 0.4) is 0 Å². The van der Waals surface area contributed by atoms with Gasteiger partial charge >= 0.3 is 0 Å². The third kappa shape index (κ3) is 2.84. The molecule has 1 N–H and O–H groups in total. The zero-order valence-electron chi connectivity index (χ0n) is 12.5. The maximum atomic E-state index is 5.89. The molecule has 1 aromatic heterocycles. The van der Waals surface area contributed by atoms with Gasteiger partial charge in [0.25, 0.3) is 0 Å². The van der Waals surface area contributed by atoms with Crippen molar-refractivity contribution >= 4 is 23.3 Å². The summed E-state index contributed by atoms with van der Waals surface area (Å²) in [6.45, 7) is 6.77. The van der Waals surface area contributed by atoms with Gasteiger partial charge < -0.3 is 19.0 Å². The lowest BCUT2D eigenvalue weighted by atomic mass is 10.2. The van der Waals surface area contributed by atoms with Gasteiger partial charge in [0.2, 0.25) is 0 Å². The summed E-state index contributed by atoms with van der Waals surface area (Å²) < 4.78 is 14.1. The second-order valence-electron chi connectivity index (χ2n) is 5.28. The number of nitrogens with one attached hydrogen (secondary N) is 1. The smallest absolute Gasteiger partial charge is 0.178 e. The molecule has 3 rings (SSSR count). The van der Waals surface area contributed by atoms with E-state index in [2.05, 4.69) is 27.4 Å². The zero-order valence-corrected chi connectivity index (χ0v) is 13.3. The van der Waals surface area contributed by atoms with Crippen LogP contribution in [0.4, 0.5) is 0 Å². The molecule has 0 amide bonds. The largest absolute Gasteiger partial charge is 0.494 e. The van der Waals surface area contributed by atoms with Crippen LogP contribution in [0.1, 0.15) is 6.92 Å². The van der Waals surface area contributed by atoms with Crippen LogP contribution in [0.15, 0.2) is 18.2 Å². The lowest BCUT2D eigenvalue weighted by molar-refractivity contribution is -0.0339. The van der Waals surface area contributed by atoms with E-state index in [4.69, 9.17) is 21.7 Å². The number of methoxy groups -OCH3 is 1. The maximum Gasteiger partial charge on any atom is 0.178 e. The molecular formula is C15H21N3O2S. The standard InChI is InChI=1S/C15H21N3O2S/c1-3-17-7-8-20-11(9-17)10-18-12-5-4-6-13(19-2)14(12)16-15(18)21/h4-6,11H,3,7-10H2,1-2H3,(H,16,21). The number of morpholine rings is 1. The molecule has 1 saturated heterocycles. The Morgan fingerprint density at radius 3 is 3.10 bits per heavy atom. The van der Waals surface area contributed by atoms with Crippen molar-refractivity contribution in [1.82, 2.24) is 14.5 Å². The van der Waals surface area contributed by atoms with Crippen molar-refractivity contribution in [3.63, 3.8) is 0 Å². The molecule has 2 heterocycles. The number of H-pyrrole nitrogens is 1. The Kier molecular flexibility index (Phi) is 4.28. The van der Waals surface area contributed by atoms with Crippen LogP contribution in [-0.4, -0.2) is 53.9 Å². The minimum absolute atomic E-state index is 0.176. The number of ether oxygens (including phenoxy) is 2. The second-order valence-corrected chi connectivity index (χ2v) is 5.67. The first-order valence-corrected chi connectivity index (χ1v) is 7.73. The van der Waals surface area contributed by atoms with Gasteiger partial charge in [0.1, 0.15) is 11.3 Å². The van der Waals surface area contributed by atoms with E-state index in [-0.39, 0.29) is 6.10 Å². The average Bonchev–Trinajstić information content (AvgIpc) is 2.83. The highest BCUT2D eigenvalue weighted by molar-refractivity contribution is 7.71. The number of para-hydroxylation sites is 1. The monoisotopic (exact) mass is 307 g/mol. The summed E-state index contributed by atoms with van der Waals surface area (Å²) in [6.07, 6.45) is 0.176. The first kappa shape index (κ1) is 14.6. The third-order valence-electron chi connectivity index (χ3n) is 4.05. The summed E-state index contributed by atoms with van der Waals surface area (Å²) in [5.41, 5.74) is 2.02. The predicted octanol–water partition coefficient (Wildman–Crippen LogP) is 2.43. The molecular weight excluding hydrogens is 286 g/mol. The van der Waals surface area contributed by atoms with Gasteiger partial charge in [0.05, 0.1) is 31.9 Å². The number of fused-ring (bicyclic) bond motifs is 1. The van der Waals surface area contributed by atoms with Gasteiger partial charge in [-0.25, -0.2) is 0 Å². The Hall–Kier alpha value is -1.37. The molecule has 0 aliphatic carbocycles. The lowest BCUT2D eigenvalue weighted by Gasteiger charge is -2.32. The summed E-state index contributed by atoms with van der Waals surface area (Å²) in [4.78, 5) is 5.65. The number of likely N-dealkylation sites (N-methyl/N-ethyl adjacent to an activating group) is 1. The second kappa shape index (κ2) is 6.17.